The number of allylic oxidation sites excluding steroid dienone is 1. The Kier molecular flexibility index (Phi) is 6.92. The summed E-state index contributed by atoms with van der Waals surface area (Å²) in [4.78, 5) is 21.2. The van der Waals surface area contributed by atoms with Gasteiger partial charge < -0.3 is 15.4 Å². The molecule has 1 unspecified atom stereocenters. The van der Waals surface area contributed by atoms with Crippen LogP contribution in [0.1, 0.15) is 12.5 Å². The van der Waals surface area contributed by atoms with E-state index >= 15 is 0 Å². The topological polar surface area (TPSA) is 93.2 Å². The highest BCUT2D eigenvalue weighted by molar-refractivity contribution is 7.84. The van der Waals surface area contributed by atoms with Gasteiger partial charge in [-0.1, -0.05) is 18.7 Å². The highest BCUT2D eigenvalue weighted by Crippen LogP contribution is 2.23. The standard InChI is InChI=1S/C22H22N4O3S/c1-15(2)25-20-13-22(24-14-23-20)29-18-8-6-17(7-9-18)26-21(27)12-16-4-10-19(11-5-16)30(3)28/h4-11,13-14H,1,12H2,2-3H3,(H,26,27)(H,23,24,25). The van der Waals surface area contributed by atoms with E-state index in [0.717, 1.165) is 16.2 Å². The average molecular weight is 423 g/mol. The molecule has 0 fully saturated rings. The molecule has 30 heavy (non-hydrogen) atoms. The summed E-state index contributed by atoms with van der Waals surface area (Å²) in [6.07, 6.45) is 3.26. The molecule has 7 nitrogen and oxygen atoms in total. The maximum atomic E-state index is 12.3. The second-order valence-electron chi connectivity index (χ2n) is 6.60. The highest BCUT2D eigenvalue weighted by atomic mass is 32.2. The average Bonchev–Trinajstić information content (AvgIpc) is 2.69. The lowest BCUT2D eigenvalue weighted by Gasteiger charge is -2.09. The van der Waals surface area contributed by atoms with E-state index in [4.69, 9.17) is 4.74 Å². The van der Waals surface area contributed by atoms with Crippen molar-refractivity contribution < 1.29 is 13.7 Å². The summed E-state index contributed by atoms with van der Waals surface area (Å²) >= 11 is 0. The van der Waals surface area contributed by atoms with Gasteiger partial charge in [-0.3, -0.25) is 9.00 Å². The number of carbonyl (C=O) groups excluding carboxylic acids is 1. The summed E-state index contributed by atoms with van der Waals surface area (Å²) in [6, 6.07) is 15.8. The Morgan fingerprint density at radius 1 is 1.07 bits per heavy atom. The summed E-state index contributed by atoms with van der Waals surface area (Å²) in [5.74, 6) is 1.42. The minimum atomic E-state index is -1.03. The van der Waals surface area contributed by atoms with Crippen LogP contribution in [0.2, 0.25) is 0 Å². The van der Waals surface area contributed by atoms with Gasteiger partial charge in [-0.05, 0) is 48.9 Å². The minimum Gasteiger partial charge on any atom is -0.439 e. The Bertz CT molecular complexity index is 1070. The van der Waals surface area contributed by atoms with E-state index in [9.17, 15) is 9.00 Å². The number of ether oxygens (including phenoxy) is 1. The zero-order valence-electron chi connectivity index (χ0n) is 16.7. The van der Waals surface area contributed by atoms with Crippen molar-refractivity contribution in [2.75, 3.05) is 16.9 Å². The fraction of sp³-hybridized carbons (Fsp3) is 0.136. The van der Waals surface area contributed by atoms with Gasteiger partial charge >= 0.3 is 0 Å². The number of rotatable bonds is 8. The van der Waals surface area contributed by atoms with Crippen molar-refractivity contribution >= 4 is 28.2 Å². The highest BCUT2D eigenvalue weighted by Gasteiger charge is 2.07. The minimum absolute atomic E-state index is 0.139. The molecule has 154 valence electrons. The summed E-state index contributed by atoms with van der Waals surface area (Å²) in [5, 5.41) is 5.85. The van der Waals surface area contributed by atoms with Gasteiger partial charge in [0.25, 0.3) is 0 Å². The molecule has 1 aromatic heterocycles. The van der Waals surface area contributed by atoms with E-state index < -0.39 is 10.8 Å². The van der Waals surface area contributed by atoms with Crippen LogP contribution in [-0.4, -0.2) is 26.3 Å². The van der Waals surface area contributed by atoms with E-state index in [0.29, 0.717) is 23.1 Å². The Hall–Kier alpha value is -3.52. The molecular weight excluding hydrogens is 400 g/mol. The van der Waals surface area contributed by atoms with Gasteiger partial charge in [-0.2, -0.15) is 0 Å². The largest absolute Gasteiger partial charge is 0.439 e. The lowest BCUT2D eigenvalue weighted by Crippen LogP contribution is -2.14. The first-order chi connectivity index (χ1) is 14.4. The monoisotopic (exact) mass is 422 g/mol. The molecule has 0 radical (unpaired) electrons. The molecule has 1 atom stereocenters. The van der Waals surface area contributed by atoms with Gasteiger partial charge in [-0.15, -0.1) is 0 Å². The first kappa shape index (κ1) is 21.2. The van der Waals surface area contributed by atoms with Crippen LogP contribution < -0.4 is 15.4 Å². The predicted molar refractivity (Wildman–Crippen MR) is 118 cm³/mol. The summed E-state index contributed by atoms with van der Waals surface area (Å²) in [5.41, 5.74) is 2.27. The molecule has 3 aromatic rings. The second-order valence-corrected chi connectivity index (χ2v) is 7.98. The maximum Gasteiger partial charge on any atom is 0.228 e. The molecule has 8 heteroatoms. The Balaban J connectivity index is 1.57. The van der Waals surface area contributed by atoms with Gasteiger partial charge in [0.2, 0.25) is 11.8 Å². The second kappa shape index (κ2) is 9.80. The fourth-order valence-corrected chi connectivity index (χ4v) is 3.12. The molecule has 2 aromatic carbocycles. The van der Waals surface area contributed by atoms with Crippen LogP contribution in [-0.2, 0) is 22.0 Å². The fourth-order valence-electron chi connectivity index (χ4n) is 2.60. The van der Waals surface area contributed by atoms with Gasteiger partial charge in [0.05, 0.1) is 6.42 Å². The van der Waals surface area contributed by atoms with E-state index in [-0.39, 0.29) is 12.3 Å². The van der Waals surface area contributed by atoms with E-state index in [1.807, 2.05) is 19.1 Å². The number of aromatic nitrogens is 2. The number of anilines is 2. The molecule has 0 spiro atoms. The van der Waals surface area contributed by atoms with Crippen molar-refractivity contribution in [3.05, 3.63) is 78.8 Å². The number of hydrogen-bond acceptors (Lipinski definition) is 6. The van der Waals surface area contributed by atoms with Crippen molar-refractivity contribution in [3.63, 3.8) is 0 Å². The third-order valence-corrected chi connectivity index (χ3v) is 4.90. The maximum absolute atomic E-state index is 12.3. The molecule has 0 bridgehead atoms. The third-order valence-electron chi connectivity index (χ3n) is 3.96. The van der Waals surface area contributed by atoms with Crippen molar-refractivity contribution in [2.45, 2.75) is 18.2 Å². The van der Waals surface area contributed by atoms with Crippen LogP contribution in [0.5, 0.6) is 11.6 Å². The predicted octanol–water partition coefficient (Wildman–Crippen LogP) is 4.13. The number of carbonyl (C=O) groups is 1. The zero-order chi connectivity index (χ0) is 21.5. The normalized spacial score (nSPS) is 11.4. The number of nitrogens with one attached hydrogen (secondary N) is 2. The smallest absolute Gasteiger partial charge is 0.228 e. The van der Waals surface area contributed by atoms with Crippen LogP contribution >= 0.6 is 0 Å². The SMILES string of the molecule is C=C(C)Nc1cc(Oc2ccc(NC(=O)Cc3ccc(S(C)=O)cc3)cc2)ncn1. The third kappa shape index (κ3) is 6.25. The van der Waals surface area contributed by atoms with Crippen molar-refractivity contribution in [2.24, 2.45) is 0 Å². The summed E-state index contributed by atoms with van der Waals surface area (Å²) in [6.45, 7) is 5.61. The molecule has 1 heterocycles. The van der Waals surface area contributed by atoms with Crippen molar-refractivity contribution in [1.29, 1.82) is 0 Å². The molecule has 1 amide bonds. The molecule has 0 saturated heterocycles. The zero-order valence-corrected chi connectivity index (χ0v) is 17.5. The molecule has 0 saturated carbocycles. The molecule has 0 aliphatic rings. The quantitative estimate of drug-likeness (QED) is 0.567. The molecular formula is C22H22N4O3S. The Morgan fingerprint density at radius 2 is 1.77 bits per heavy atom. The van der Waals surface area contributed by atoms with Crippen LogP contribution in [0.4, 0.5) is 11.5 Å². The van der Waals surface area contributed by atoms with E-state index in [1.165, 1.54) is 6.33 Å². The lowest BCUT2D eigenvalue weighted by molar-refractivity contribution is -0.115. The van der Waals surface area contributed by atoms with Gasteiger partial charge in [0, 0.05) is 39.4 Å². The van der Waals surface area contributed by atoms with Crippen LogP contribution in [0, 0.1) is 0 Å². The van der Waals surface area contributed by atoms with Crippen LogP contribution in [0.25, 0.3) is 0 Å². The number of benzene rings is 2. The van der Waals surface area contributed by atoms with E-state index in [1.54, 1.807) is 48.7 Å². The molecule has 0 aliphatic heterocycles. The lowest BCUT2D eigenvalue weighted by atomic mass is 10.1. The van der Waals surface area contributed by atoms with Crippen molar-refractivity contribution in [1.82, 2.24) is 9.97 Å². The van der Waals surface area contributed by atoms with Crippen molar-refractivity contribution in [3.8, 4) is 11.6 Å². The molecule has 0 aliphatic carbocycles. The van der Waals surface area contributed by atoms with E-state index in [2.05, 4.69) is 27.2 Å². The number of amides is 1. The van der Waals surface area contributed by atoms with Crippen LogP contribution in [0.15, 0.2) is 78.1 Å². The first-order valence-electron chi connectivity index (χ1n) is 9.14. The Morgan fingerprint density at radius 3 is 2.40 bits per heavy atom. The molecule has 2 N–H and O–H groups in total. The summed E-state index contributed by atoms with van der Waals surface area (Å²) in [7, 11) is -1.03. The Labute approximate surface area is 177 Å². The van der Waals surface area contributed by atoms with Crippen LogP contribution in [0.3, 0.4) is 0 Å². The molecule has 3 rings (SSSR count). The van der Waals surface area contributed by atoms with Gasteiger partial charge in [0.1, 0.15) is 17.9 Å². The van der Waals surface area contributed by atoms with Gasteiger partial charge in [0.15, 0.2) is 0 Å². The number of hydrogen-bond donors (Lipinski definition) is 2. The summed E-state index contributed by atoms with van der Waals surface area (Å²) < 4.78 is 17.2. The van der Waals surface area contributed by atoms with Gasteiger partial charge in [-0.25, -0.2) is 9.97 Å². The number of nitrogens with zero attached hydrogens (tertiary/aromatic N) is 2. The first-order valence-corrected chi connectivity index (χ1v) is 10.7.